The van der Waals surface area contributed by atoms with E-state index in [1.54, 1.807) is 12.1 Å². The van der Waals surface area contributed by atoms with Gasteiger partial charge in [0.25, 0.3) is 5.91 Å². The maximum Gasteiger partial charge on any atom is 0.265 e. The number of halogens is 2. The normalized spacial score (nSPS) is 10.8. The molecule has 0 bridgehead atoms. The van der Waals surface area contributed by atoms with Crippen molar-refractivity contribution in [2.75, 3.05) is 11.1 Å². The molecule has 3 nitrogen and oxygen atoms in total. The lowest BCUT2D eigenvalue weighted by molar-refractivity contribution is 0.103. The molecule has 0 fully saturated rings. The molecule has 0 aliphatic heterocycles. The van der Waals surface area contributed by atoms with Crippen LogP contribution in [0.3, 0.4) is 0 Å². The van der Waals surface area contributed by atoms with Gasteiger partial charge in [-0.15, -0.1) is 11.3 Å². The van der Waals surface area contributed by atoms with E-state index in [-0.39, 0.29) is 11.7 Å². The minimum Gasteiger partial charge on any atom is -0.399 e. The predicted molar refractivity (Wildman–Crippen MR) is 88.3 cm³/mol. The molecule has 2 aromatic carbocycles. The SMILES string of the molecule is Nc1ccc2sc(C(=O)Nc3ccc(F)cc3Br)cc2c1. The average Bonchev–Trinajstić information content (AvgIpc) is 2.85. The number of rotatable bonds is 2. The quantitative estimate of drug-likeness (QED) is 0.650. The van der Waals surface area contributed by atoms with Crippen LogP contribution in [0.15, 0.2) is 46.9 Å². The van der Waals surface area contributed by atoms with E-state index < -0.39 is 0 Å². The van der Waals surface area contributed by atoms with Gasteiger partial charge < -0.3 is 11.1 Å². The number of nitrogens with two attached hydrogens (primary N) is 1. The van der Waals surface area contributed by atoms with Crippen molar-refractivity contribution in [3.63, 3.8) is 0 Å². The number of nitrogens with one attached hydrogen (secondary N) is 1. The molecule has 3 rings (SSSR count). The van der Waals surface area contributed by atoms with Crippen LogP contribution in [0.5, 0.6) is 0 Å². The number of hydrogen-bond acceptors (Lipinski definition) is 3. The second kappa shape index (κ2) is 5.46. The van der Waals surface area contributed by atoms with Gasteiger partial charge in [0.05, 0.1) is 10.6 Å². The van der Waals surface area contributed by atoms with E-state index in [0.717, 1.165) is 10.1 Å². The lowest BCUT2D eigenvalue weighted by Crippen LogP contribution is -2.10. The van der Waals surface area contributed by atoms with E-state index in [0.29, 0.717) is 20.7 Å². The van der Waals surface area contributed by atoms with Gasteiger partial charge in [-0.25, -0.2) is 4.39 Å². The second-order valence-electron chi connectivity index (χ2n) is 4.49. The van der Waals surface area contributed by atoms with Gasteiger partial charge in [-0.2, -0.15) is 0 Å². The summed E-state index contributed by atoms with van der Waals surface area (Å²) in [5.41, 5.74) is 6.92. The van der Waals surface area contributed by atoms with Crippen LogP contribution in [0.1, 0.15) is 9.67 Å². The zero-order chi connectivity index (χ0) is 15.0. The fourth-order valence-corrected chi connectivity index (χ4v) is 3.34. The van der Waals surface area contributed by atoms with E-state index in [2.05, 4.69) is 21.2 Å². The summed E-state index contributed by atoms with van der Waals surface area (Å²) in [5, 5.41) is 3.69. The summed E-state index contributed by atoms with van der Waals surface area (Å²) >= 11 is 4.61. The number of anilines is 2. The Balaban J connectivity index is 1.89. The zero-order valence-electron chi connectivity index (χ0n) is 10.7. The minimum absolute atomic E-state index is 0.234. The molecule has 21 heavy (non-hydrogen) atoms. The van der Waals surface area contributed by atoms with Crippen LogP contribution in [0, 0.1) is 5.82 Å². The van der Waals surface area contributed by atoms with Crippen LogP contribution >= 0.6 is 27.3 Å². The maximum atomic E-state index is 13.0. The van der Waals surface area contributed by atoms with Gasteiger partial charge in [0.15, 0.2) is 0 Å². The van der Waals surface area contributed by atoms with Crippen LogP contribution < -0.4 is 11.1 Å². The fourth-order valence-electron chi connectivity index (χ4n) is 1.95. The third-order valence-corrected chi connectivity index (χ3v) is 4.71. The molecule has 0 unspecified atom stereocenters. The highest BCUT2D eigenvalue weighted by molar-refractivity contribution is 9.10. The van der Waals surface area contributed by atoms with Gasteiger partial charge in [0.1, 0.15) is 5.82 Å². The summed E-state index contributed by atoms with van der Waals surface area (Å²) in [4.78, 5) is 12.8. The first kappa shape index (κ1) is 14.0. The van der Waals surface area contributed by atoms with Gasteiger partial charge in [0.2, 0.25) is 0 Å². The van der Waals surface area contributed by atoms with Crippen molar-refractivity contribution in [3.05, 3.63) is 57.6 Å². The monoisotopic (exact) mass is 364 g/mol. The first-order chi connectivity index (χ1) is 10.0. The van der Waals surface area contributed by atoms with Crippen LogP contribution in [-0.4, -0.2) is 5.91 Å². The Labute approximate surface area is 132 Å². The van der Waals surface area contributed by atoms with E-state index in [4.69, 9.17) is 5.73 Å². The highest BCUT2D eigenvalue weighted by Gasteiger charge is 2.12. The highest BCUT2D eigenvalue weighted by atomic mass is 79.9. The lowest BCUT2D eigenvalue weighted by Gasteiger charge is -2.05. The van der Waals surface area contributed by atoms with Crippen molar-refractivity contribution in [3.8, 4) is 0 Å². The van der Waals surface area contributed by atoms with Crippen LogP contribution in [0.25, 0.3) is 10.1 Å². The minimum atomic E-state index is -0.364. The lowest BCUT2D eigenvalue weighted by atomic mass is 10.2. The average molecular weight is 365 g/mol. The molecule has 0 aliphatic carbocycles. The van der Waals surface area contributed by atoms with Crippen LogP contribution in [0.4, 0.5) is 15.8 Å². The number of carbonyl (C=O) groups excluding carboxylic acids is 1. The number of hydrogen-bond donors (Lipinski definition) is 2. The summed E-state index contributed by atoms with van der Waals surface area (Å²) in [6, 6.07) is 11.4. The van der Waals surface area contributed by atoms with Crippen molar-refractivity contribution in [1.82, 2.24) is 0 Å². The summed E-state index contributed by atoms with van der Waals surface area (Å²) in [5.74, 6) is -0.598. The molecule has 3 aromatic rings. The van der Waals surface area contributed by atoms with E-state index >= 15 is 0 Å². The van der Waals surface area contributed by atoms with Gasteiger partial charge >= 0.3 is 0 Å². The van der Waals surface area contributed by atoms with Crippen LogP contribution in [-0.2, 0) is 0 Å². The van der Waals surface area contributed by atoms with Crippen LogP contribution in [0.2, 0.25) is 0 Å². The van der Waals surface area contributed by atoms with Crippen molar-refractivity contribution in [1.29, 1.82) is 0 Å². The third-order valence-electron chi connectivity index (χ3n) is 2.94. The molecule has 0 saturated carbocycles. The molecule has 0 atom stereocenters. The molecule has 3 N–H and O–H groups in total. The second-order valence-corrected chi connectivity index (χ2v) is 6.42. The molecular formula is C15H10BrFN2OS. The van der Waals surface area contributed by atoms with Gasteiger partial charge in [0, 0.05) is 14.9 Å². The molecule has 0 spiro atoms. The van der Waals surface area contributed by atoms with Gasteiger partial charge in [-0.3, -0.25) is 4.79 Å². The molecule has 6 heteroatoms. The fraction of sp³-hybridized carbons (Fsp3) is 0. The summed E-state index contributed by atoms with van der Waals surface area (Å²) < 4.78 is 14.5. The van der Waals surface area contributed by atoms with Crippen molar-refractivity contribution in [2.45, 2.75) is 0 Å². The highest BCUT2D eigenvalue weighted by Crippen LogP contribution is 2.29. The third kappa shape index (κ3) is 2.91. The number of carbonyl (C=O) groups is 1. The number of thiophene rings is 1. The zero-order valence-corrected chi connectivity index (χ0v) is 13.1. The van der Waals surface area contributed by atoms with E-state index in [1.807, 2.05) is 12.1 Å². The molecule has 1 heterocycles. The van der Waals surface area contributed by atoms with E-state index in [9.17, 15) is 9.18 Å². The smallest absolute Gasteiger partial charge is 0.265 e. The number of benzene rings is 2. The molecule has 1 aromatic heterocycles. The Kier molecular flexibility index (Phi) is 3.65. The van der Waals surface area contributed by atoms with E-state index in [1.165, 1.54) is 29.5 Å². The molecule has 0 saturated heterocycles. The summed E-state index contributed by atoms with van der Waals surface area (Å²) in [6.07, 6.45) is 0. The molecular weight excluding hydrogens is 355 g/mol. The predicted octanol–water partition coefficient (Wildman–Crippen LogP) is 4.64. The molecule has 1 amide bonds. The number of nitrogen functional groups attached to an aromatic ring is 1. The van der Waals surface area contributed by atoms with Crippen molar-refractivity contribution >= 4 is 54.6 Å². The largest absolute Gasteiger partial charge is 0.399 e. The standard InChI is InChI=1S/C15H10BrFN2OS/c16-11-7-9(17)1-3-12(11)19-15(20)14-6-8-5-10(18)2-4-13(8)21-14/h1-7H,18H2,(H,19,20). The first-order valence-electron chi connectivity index (χ1n) is 6.08. The van der Waals surface area contributed by atoms with Gasteiger partial charge in [-0.05, 0) is 63.8 Å². The van der Waals surface area contributed by atoms with Crippen molar-refractivity contribution in [2.24, 2.45) is 0 Å². The molecule has 0 radical (unpaired) electrons. The first-order valence-corrected chi connectivity index (χ1v) is 7.69. The van der Waals surface area contributed by atoms with Crippen molar-refractivity contribution < 1.29 is 9.18 Å². The van der Waals surface area contributed by atoms with Gasteiger partial charge in [-0.1, -0.05) is 0 Å². The summed E-state index contributed by atoms with van der Waals surface area (Å²) in [6.45, 7) is 0. The Morgan fingerprint density at radius 1 is 1.19 bits per heavy atom. The number of fused-ring (bicyclic) bond motifs is 1. The Morgan fingerprint density at radius 3 is 2.76 bits per heavy atom. The summed E-state index contributed by atoms with van der Waals surface area (Å²) in [7, 11) is 0. The maximum absolute atomic E-state index is 13.0. The Morgan fingerprint density at radius 2 is 2.00 bits per heavy atom. The Bertz CT molecular complexity index is 847. The number of amides is 1. The topological polar surface area (TPSA) is 55.1 Å². The molecule has 106 valence electrons. The Hall–Kier alpha value is -1.92. The molecule has 0 aliphatic rings.